The molecule has 0 amide bonds. The van der Waals surface area contributed by atoms with Gasteiger partial charge in [0.2, 0.25) is 5.89 Å². The zero-order chi connectivity index (χ0) is 17.0. The van der Waals surface area contributed by atoms with Crippen LogP contribution < -0.4 is 10.2 Å². The van der Waals surface area contributed by atoms with Gasteiger partial charge in [0.05, 0.1) is 10.9 Å². The summed E-state index contributed by atoms with van der Waals surface area (Å²) in [5.74, 6) is -1.81. The number of rotatable bonds is 6. The number of nitro groups is 1. The van der Waals surface area contributed by atoms with Crippen molar-refractivity contribution in [2.75, 3.05) is 0 Å². The van der Waals surface area contributed by atoms with E-state index >= 15 is 0 Å². The molecule has 0 aliphatic rings. The van der Waals surface area contributed by atoms with Crippen molar-refractivity contribution < 1.29 is 24.3 Å². The number of aryl methyl sites for hydroxylation is 1. The van der Waals surface area contributed by atoms with Crippen molar-refractivity contribution in [3.05, 3.63) is 44.7 Å². The van der Waals surface area contributed by atoms with E-state index < -0.39 is 16.6 Å². The number of hydrogen-bond acceptors (Lipinski definition) is 9. The second-order valence-corrected chi connectivity index (χ2v) is 5.19. The molecular formula is C13H9N3O6S-2. The molecule has 9 nitrogen and oxygen atoms in total. The third kappa shape index (κ3) is 4.07. The molecule has 1 aromatic carbocycles. The highest BCUT2D eigenvalue weighted by Crippen LogP contribution is 2.30. The van der Waals surface area contributed by atoms with E-state index in [9.17, 15) is 25.1 Å². The Balaban J connectivity index is 2.37. The summed E-state index contributed by atoms with van der Waals surface area (Å²) in [5.41, 5.74) is -0.481. The van der Waals surface area contributed by atoms with Gasteiger partial charge in [0, 0.05) is 23.5 Å². The van der Waals surface area contributed by atoms with Crippen LogP contribution in [0.5, 0.6) is 5.75 Å². The molecule has 0 radical (unpaired) electrons. The van der Waals surface area contributed by atoms with E-state index in [0.717, 1.165) is 24.3 Å². The van der Waals surface area contributed by atoms with Crippen LogP contribution in [0.3, 0.4) is 0 Å². The van der Waals surface area contributed by atoms with Gasteiger partial charge in [-0.1, -0.05) is 13.0 Å². The largest absolute Gasteiger partial charge is 0.872 e. The summed E-state index contributed by atoms with van der Waals surface area (Å²) < 4.78 is 5.17. The number of hydrogen-bond donors (Lipinski definition) is 0. The third-order valence-corrected chi connectivity index (χ3v) is 3.48. The number of aliphatic carboxylic acids is 1. The monoisotopic (exact) mass is 335 g/mol. The first-order valence-electron chi connectivity index (χ1n) is 6.29. The van der Waals surface area contributed by atoms with Crippen molar-refractivity contribution >= 4 is 29.5 Å². The van der Waals surface area contributed by atoms with Crippen molar-refractivity contribution in [2.45, 2.75) is 18.6 Å². The van der Waals surface area contributed by atoms with Gasteiger partial charge in [-0.25, -0.2) is 0 Å². The Hall–Kier alpha value is -2.88. The number of thioether (sulfide) groups is 1. The zero-order valence-corrected chi connectivity index (χ0v) is 12.5. The van der Waals surface area contributed by atoms with Crippen LogP contribution in [0, 0.1) is 10.1 Å². The quantitative estimate of drug-likeness (QED) is 0.318. The summed E-state index contributed by atoms with van der Waals surface area (Å²) >= 11 is 0.601. The van der Waals surface area contributed by atoms with Gasteiger partial charge >= 0.3 is 0 Å². The molecule has 0 unspecified atom stereocenters. The minimum absolute atomic E-state index is 0.0322. The lowest BCUT2D eigenvalue weighted by Gasteiger charge is -2.12. The van der Waals surface area contributed by atoms with Crippen molar-refractivity contribution in [2.24, 2.45) is 0 Å². The summed E-state index contributed by atoms with van der Waals surface area (Å²) in [6, 6.07) is 3.01. The molecule has 1 aromatic heterocycles. The van der Waals surface area contributed by atoms with Crippen LogP contribution in [0.2, 0.25) is 0 Å². The predicted molar refractivity (Wildman–Crippen MR) is 75.1 cm³/mol. The number of nitrogens with zero attached hydrogens (tertiary/aromatic N) is 3. The fourth-order valence-electron chi connectivity index (χ4n) is 1.55. The van der Waals surface area contributed by atoms with Crippen LogP contribution in [0.1, 0.15) is 18.4 Å². The molecule has 1 heterocycles. The van der Waals surface area contributed by atoms with E-state index in [0.29, 0.717) is 24.1 Å². The Morgan fingerprint density at radius 1 is 1.43 bits per heavy atom. The summed E-state index contributed by atoms with van der Waals surface area (Å²) in [6.45, 7) is 1.78. The maximum absolute atomic E-state index is 11.7. The first-order chi connectivity index (χ1) is 10.9. The van der Waals surface area contributed by atoms with Gasteiger partial charge in [-0.3, -0.25) is 10.1 Å². The van der Waals surface area contributed by atoms with Gasteiger partial charge in [-0.2, -0.15) is 0 Å². The van der Waals surface area contributed by atoms with Gasteiger partial charge in [-0.15, -0.1) is 15.9 Å². The second kappa shape index (κ2) is 6.92. The fraction of sp³-hybridized carbons (Fsp3) is 0.154. The molecule has 0 aliphatic carbocycles. The Morgan fingerprint density at radius 3 is 2.74 bits per heavy atom. The molecule has 10 heteroatoms. The average Bonchev–Trinajstić information content (AvgIpc) is 2.96. The lowest BCUT2D eigenvalue weighted by Crippen LogP contribution is -2.23. The number of non-ortho nitro benzene ring substituents is 1. The van der Waals surface area contributed by atoms with Crippen LogP contribution >= 0.6 is 11.8 Å². The van der Waals surface area contributed by atoms with E-state index in [-0.39, 0.29) is 21.4 Å². The smallest absolute Gasteiger partial charge is 0.281 e. The Kier molecular flexibility index (Phi) is 4.96. The molecule has 0 fully saturated rings. The zero-order valence-electron chi connectivity index (χ0n) is 11.7. The van der Waals surface area contributed by atoms with Gasteiger partial charge in [0.15, 0.2) is 0 Å². The Morgan fingerprint density at radius 2 is 2.17 bits per heavy atom. The number of carbonyl (C=O) groups excluding carboxylic acids is 1. The Bertz CT molecular complexity index is 786. The molecule has 0 aliphatic heterocycles. The van der Waals surface area contributed by atoms with Crippen LogP contribution in [-0.4, -0.2) is 21.1 Å². The molecule has 0 saturated heterocycles. The topological polar surface area (TPSA) is 145 Å². The minimum Gasteiger partial charge on any atom is -0.872 e. The van der Waals surface area contributed by atoms with Crippen LogP contribution in [-0.2, 0) is 11.2 Å². The van der Waals surface area contributed by atoms with Crippen molar-refractivity contribution in [3.63, 3.8) is 0 Å². The van der Waals surface area contributed by atoms with Crippen LogP contribution in [0.4, 0.5) is 5.69 Å². The van der Waals surface area contributed by atoms with E-state index in [1.165, 1.54) is 0 Å². The molecule has 0 N–H and O–H groups in total. The van der Waals surface area contributed by atoms with E-state index in [1.807, 2.05) is 0 Å². The highest BCUT2D eigenvalue weighted by atomic mass is 32.2. The van der Waals surface area contributed by atoms with Crippen LogP contribution in [0.15, 0.2) is 32.7 Å². The van der Waals surface area contributed by atoms with Crippen molar-refractivity contribution in [1.29, 1.82) is 0 Å². The number of carboxylic acids is 1. The number of carboxylic acid groups (broad SMARTS) is 1. The standard InChI is InChI=1S/C13H11N3O6S/c1-2-11-14-15-13(22-11)23-10(12(18)19)6-7-5-8(16(20)21)3-4-9(7)17/h3-6,17H,2H2,1H3,(H,18,19)/p-2/b10-6-. The molecule has 2 aromatic rings. The number of nitro benzene ring substituents is 1. The molecule has 0 saturated carbocycles. The number of aromatic nitrogens is 2. The second-order valence-electron chi connectivity index (χ2n) is 4.19. The van der Waals surface area contributed by atoms with Crippen LogP contribution in [0.25, 0.3) is 6.08 Å². The molecule has 2 rings (SSSR count). The molecule has 120 valence electrons. The van der Waals surface area contributed by atoms with Crippen molar-refractivity contribution in [1.82, 2.24) is 10.2 Å². The third-order valence-electron chi connectivity index (χ3n) is 2.64. The predicted octanol–water partition coefficient (Wildman–Crippen LogP) is 0.497. The fourth-order valence-corrected chi connectivity index (χ4v) is 2.23. The lowest BCUT2D eigenvalue weighted by atomic mass is 10.1. The maximum Gasteiger partial charge on any atom is 0.281 e. The van der Waals surface area contributed by atoms with Gasteiger partial charge < -0.3 is 19.4 Å². The normalized spacial score (nSPS) is 11.4. The molecule has 0 atom stereocenters. The molecular weight excluding hydrogens is 326 g/mol. The molecule has 0 bridgehead atoms. The average molecular weight is 335 g/mol. The van der Waals surface area contributed by atoms with E-state index in [2.05, 4.69) is 10.2 Å². The lowest BCUT2D eigenvalue weighted by molar-refractivity contribution is -0.385. The summed E-state index contributed by atoms with van der Waals surface area (Å²) in [7, 11) is 0. The summed E-state index contributed by atoms with van der Waals surface area (Å²) in [6.07, 6.45) is 1.46. The highest BCUT2D eigenvalue weighted by Gasteiger charge is 2.11. The SMILES string of the molecule is CCc1nnc(S/C(=C\c2cc([N+](=O)[O-])ccc2[O-])C(=O)[O-])o1. The first-order valence-corrected chi connectivity index (χ1v) is 7.11. The summed E-state index contributed by atoms with van der Waals surface area (Å²) in [5, 5.41) is 40.9. The Labute approximate surface area is 133 Å². The van der Waals surface area contributed by atoms with Gasteiger partial charge in [0.1, 0.15) is 0 Å². The number of benzene rings is 1. The minimum atomic E-state index is -1.57. The van der Waals surface area contributed by atoms with Gasteiger partial charge in [0.25, 0.3) is 10.9 Å². The highest BCUT2D eigenvalue weighted by molar-refractivity contribution is 8.03. The van der Waals surface area contributed by atoms with E-state index in [1.54, 1.807) is 6.92 Å². The van der Waals surface area contributed by atoms with Gasteiger partial charge in [-0.05, 0) is 23.4 Å². The van der Waals surface area contributed by atoms with Crippen molar-refractivity contribution in [3.8, 4) is 5.75 Å². The summed E-state index contributed by atoms with van der Waals surface area (Å²) in [4.78, 5) is 20.8. The molecule has 23 heavy (non-hydrogen) atoms. The maximum atomic E-state index is 11.7. The first kappa shape index (κ1) is 16.5. The number of carbonyl (C=O) groups is 1. The van der Waals surface area contributed by atoms with E-state index in [4.69, 9.17) is 4.42 Å². The molecule has 0 spiro atoms.